The van der Waals surface area contributed by atoms with Gasteiger partial charge in [0.2, 0.25) is 5.91 Å². The van der Waals surface area contributed by atoms with Crippen molar-refractivity contribution >= 4 is 27.7 Å². The molecule has 3 rings (SSSR count). The molecule has 2 aliphatic rings. The van der Waals surface area contributed by atoms with Crippen molar-refractivity contribution in [2.45, 2.75) is 19.8 Å². The standard InChI is InChI=1S/C17H26BrN5O3/c1-12(2)15-14(18)16(20-19-15)17(25)23-5-3-22(4-6-23)13(24)11-21-7-9-26-10-8-21/h12H,3-11H2,1-2H3,(H,19,20). The number of nitrogens with one attached hydrogen (secondary N) is 1. The lowest BCUT2D eigenvalue weighted by Gasteiger charge is -2.36. The van der Waals surface area contributed by atoms with Crippen LogP contribution < -0.4 is 0 Å². The Hall–Kier alpha value is -1.45. The number of aromatic nitrogens is 2. The van der Waals surface area contributed by atoms with Crippen molar-refractivity contribution in [2.75, 3.05) is 59.0 Å². The molecule has 0 bridgehead atoms. The van der Waals surface area contributed by atoms with Gasteiger partial charge in [-0.2, -0.15) is 5.10 Å². The van der Waals surface area contributed by atoms with E-state index in [1.165, 1.54) is 0 Å². The molecule has 2 aliphatic heterocycles. The average Bonchev–Trinajstić information content (AvgIpc) is 3.04. The minimum Gasteiger partial charge on any atom is -0.379 e. The van der Waals surface area contributed by atoms with Crippen molar-refractivity contribution in [2.24, 2.45) is 0 Å². The van der Waals surface area contributed by atoms with Gasteiger partial charge in [-0.1, -0.05) is 13.8 Å². The molecule has 2 fully saturated rings. The molecule has 8 nitrogen and oxygen atoms in total. The molecule has 0 radical (unpaired) electrons. The van der Waals surface area contributed by atoms with E-state index in [0.717, 1.165) is 23.3 Å². The summed E-state index contributed by atoms with van der Waals surface area (Å²) in [6, 6.07) is 0. The minimum atomic E-state index is -0.0969. The van der Waals surface area contributed by atoms with Crippen LogP contribution in [0.2, 0.25) is 0 Å². The highest BCUT2D eigenvalue weighted by atomic mass is 79.9. The van der Waals surface area contributed by atoms with E-state index in [1.807, 2.05) is 18.7 Å². The van der Waals surface area contributed by atoms with E-state index in [4.69, 9.17) is 4.74 Å². The summed E-state index contributed by atoms with van der Waals surface area (Å²) < 4.78 is 6.05. The monoisotopic (exact) mass is 427 g/mol. The molecule has 1 aromatic heterocycles. The Labute approximate surface area is 162 Å². The van der Waals surface area contributed by atoms with Crippen LogP contribution in [-0.2, 0) is 9.53 Å². The third kappa shape index (κ3) is 4.27. The molecule has 26 heavy (non-hydrogen) atoms. The highest BCUT2D eigenvalue weighted by Crippen LogP contribution is 2.26. The van der Waals surface area contributed by atoms with Crippen molar-refractivity contribution in [3.05, 3.63) is 15.9 Å². The van der Waals surface area contributed by atoms with Gasteiger partial charge < -0.3 is 14.5 Å². The SMILES string of the molecule is CC(C)c1[nH]nc(C(=O)N2CCN(C(=O)CN3CCOCC3)CC2)c1Br. The average molecular weight is 428 g/mol. The lowest BCUT2D eigenvalue weighted by molar-refractivity contribution is -0.134. The molecule has 1 N–H and O–H groups in total. The second kappa shape index (κ2) is 8.49. The maximum atomic E-state index is 12.7. The first-order chi connectivity index (χ1) is 12.5. The first kappa shape index (κ1) is 19.3. The number of hydrogen-bond donors (Lipinski definition) is 1. The van der Waals surface area contributed by atoms with Crippen molar-refractivity contribution in [1.82, 2.24) is 24.9 Å². The number of H-pyrrole nitrogens is 1. The van der Waals surface area contributed by atoms with Crippen molar-refractivity contribution < 1.29 is 14.3 Å². The summed E-state index contributed by atoms with van der Waals surface area (Å²) in [6.07, 6.45) is 0. The molecule has 1 aromatic rings. The second-order valence-corrected chi connectivity index (χ2v) is 7.81. The molecular formula is C17H26BrN5O3. The van der Waals surface area contributed by atoms with E-state index in [9.17, 15) is 9.59 Å². The van der Waals surface area contributed by atoms with Crippen LogP contribution in [0.3, 0.4) is 0 Å². The number of ether oxygens (including phenoxy) is 1. The van der Waals surface area contributed by atoms with Gasteiger partial charge in [0, 0.05) is 39.3 Å². The Kier molecular flexibility index (Phi) is 6.31. The fourth-order valence-electron chi connectivity index (χ4n) is 3.23. The van der Waals surface area contributed by atoms with Gasteiger partial charge >= 0.3 is 0 Å². The van der Waals surface area contributed by atoms with Gasteiger partial charge in [-0.25, -0.2) is 0 Å². The maximum Gasteiger partial charge on any atom is 0.275 e. The van der Waals surface area contributed by atoms with E-state index in [0.29, 0.717) is 51.6 Å². The highest BCUT2D eigenvalue weighted by Gasteiger charge is 2.29. The summed E-state index contributed by atoms with van der Waals surface area (Å²) in [6.45, 7) is 9.69. The number of amides is 2. The van der Waals surface area contributed by atoms with Crippen LogP contribution in [0.1, 0.15) is 35.9 Å². The Bertz CT molecular complexity index is 649. The molecule has 2 amide bonds. The Balaban J connectivity index is 1.53. The number of piperazine rings is 1. The topological polar surface area (TPSA) is 81.8 Å². The third-order valence-electron chi connectivity index (χ3n) is 4.89. The number of halogens is 1. The fraction of sp³-hybridized carbons (Fsp3) is 0.706. The fourth-order valence-corrected chi connectivity index (χ4v) is 4.03. The van der Waals surface area contributed by atoms with Crippen LogP contribution in [0.5, 0.6) is 0 Å². The van der Waals surface area contributed by atoms with Gasteiger partial charge in [0.25, 0.3) is 5.91 Å². The molecule has 0 unspecified atom stereocenters. The lowest BCUT2D eigenvalue weighted by atomic mass is 10.1. The zero-order chi connectivity index (χ0) is 18.7. The third-order valence-corrected chi connectivity index (χ3v) is 5.70. The Morgan fingerprint density at radius 3 is 2.31 bits per heavy atom. The summed E-state index contributed by atoms with van der Waals surface area (Å²) in [5, 5.41) is 7.12. The van der Waals surface area contributed by atoms with Crippen molar-refractivity contribution in [1.29, 1.82) is 0 Å². The number of nitrogens with zero attached hydrogens (tertiary/aromatic N) is 4. The lowest BCUT2D eigenvalue weighted by Crippen LogP contribution is -2.53. The molecule has 144 valence electrons. The molecule has 0 aromatic carbocycles. The van der Waals surface area contributed by atoms with E-state index >= 15 is 0 Å². The predicted molar refractivity (Wildman–Crippen MR) is 100 cm³/mol. The molecule has 2 saturated heterocycles. The summed E-state index contributed by atoms with van der Waals surface area (Å²) in [4.78, 5) is 30.9. The van der Waals surface area contributed by atoms with E-state index < -0.39 is 0 Å². The molecule has 0 saturated carbocycles. The largest absolute Gasteiger partial charge is 0.379 e. The summed E-state index contributed by atoms with van der Waals surface area (Å²) in [5.41, 5.74) is 1.34. The van der Waals surface area contributed by atoms with Gasteiger partial charge in [-0.15, -0.1) is 0 Å². The number of carbonyl (C=O) groups is 2. The number of morpholine rings is 1. The number of carbonyl (C=O) groups excluding carboxylic acids is 2. The van der Waals surface area contributed by atoms with Crippen LogP contribution in [0.4, 0.5) is 0 Å². The van der Waals surface area contributed by atoms with Gasteiger partial charge in [-0.3, -0.25) is 19.6 Å². The van der Waals surface area contributed by atoms with Crippen LogP contribution in [0.25, 0.3) is 0 Å². The Morgan fingerprint density at radius 2 is 1.73 bits per heavy atom. The van der Waals surface area contributed by atoms with Crippen LogP contribution in [0.15, 0.2) is 4.47 Å². The summed E-state index contributed by atoms with van der Waals surface area (Å²) in [7, 11) is 0. The zero-order valence-electron chi connectivity index (χ0n) is 15.3. The summed E-state index contributed by atoms with van der Waals surface area (Å²) in [5.74, 6) is 0.287. The first-order valence-corrected chi connectivity index (χ1v) is 9.87. The number of hydrogen-bond acceptors (Lipinski definition) is 5. The quantitative estimate of drug-likeness (QED) is 0.771. The second-order valence-electron chi connectivity index (χ2n) is 7.02. The van der Waals surface area contributed by atoms with Gasteiger partial charge in [0.1, 0.15) is 0 Å². The van der Waals surface area contributed by atoms with Crippen molar-refractivity contribution in [3.8, 4) is 0 Å². The molecule has 3 heterocycles. The first-order valence-electron chi connectivity index (χ1n) is 9.08. The van der Waals surface area contributed by atoms with Crippen LogP contribution in [0, 0.1) is 0 Å². The van der Waals surface area contributed by atoms with Gasteiger partial charge in [-0.05, 0) is 21.8 Å². The number of aromatic amines is 1. The minimum absolute atomic E-state index is 0.0969. The smallest absolute Gasteiger partial charge is 0.275 e. The summed E-state index contributed by atoms with van der Waals surface area (Å²) >= 11 is 3.49. The molecule has 9 heteroatoms. The van der Waals surface area contributed by atoms with E-state index in [2.05, 4.69) is 31.0 Å². The van der Waals surface area contributed by atoms with Crippen molar-refractivity contribution in [3.63, 3.8) is 0 Å². The van der Waals surface area contributed by atoms with Gasteiger partial charge in [0.05, 0.1) is 29.9 Å². The van der Waals surface area contributed by atoms with E-state index in [1.54, 1.807) is 4.90 Å². The Morgan fingerprint density at radius 1 is 1.12 bits per heavy atom. The van der Waals surface area contributed by atoms with Crippen LogP contribution in [-0.4, -0.2) is 95.7 Å². The molecular weight excluding hydrogens is 402 g/mol. The highest BCUT2D eigenvalue weighted by molar-refractivity contribution is 9.10. The maximum absolute atomic E-state index is 12.7. The molecule has 0 spiro atoms. The predicted octanol–water partition coefficient (Wildman–Crippen LogP) is 0.912. The molecule has 0 aliphatic carbocycles. The van der Waals surface area contributed by atoms with Gasteiger partial charge in [0.15, 0.2) is 5.69 Å². The number of rotatable bonds is 4. The molecule has 0 atom stereocenters. The van der Waals surface area contributed by atoms with Crippen LogP contribution >= 0.6 is 15.9 Å². The zero-order valence-corrected chi connectivity index (χ0v) is 16.9. The normalized spacial score (nSPS) is 19.2. The van der Waals surface area contributed by atoms with E-state index in [-0.39, 0.29) is 17.7 Å².